The number of ether oxygens (including phenoxy) is 2. The summed E-state index contributed by atoms with van der Waals surface area (Å²) >= 11 is 0. The Hall–Kier alpha value is -2.93. The minimum atomic E-state index is -0.527. The van der Waals surface area contributed by atoms with Gasteiger partial charge in [0.1, 0.15) is 5.69 Å². The number of benzene rings is 1. The van der Waals surface area contributed by atoms with Gasteiger partial charge in [0.25, 0.3) is 5.91 Å². The zero-order valence-corrected chi connectivity index (χ0v) is 17.0. The molecule has 2 aromatic rings. The van der Waals surface area contributed by atoms with Crippen LogP contribution in [0, 0.1) is 13.8 Å². The highest BCUT2D eigenvalue weighted by Gasteiger charge is 2.28. The molecule has 29 heavy (non-hydrogen) atoms. The average Bonchev–Trinajstić information content (AvgIpc) is 3.34. The predicted molar refractivity (Wildman–Crippen MR) is 107 cm³/mol. The Morgan fingerprint density at radius 3 is 2.55 bits per heavy atom. The third kappa shape index (κ3) is 4.56. The second-order valence-electron chi connectivity index (χ2n) is 7.23. The van der Waals surface area contributed by atoms with Crippen LogP contribution >= 0.6 is 0 Å². The Balaban J connectivity index is 1.85. The molecular formula is C22H26N2O5. The van der Waals surface area contributed by atoms with Crippen LogP contribution < -0.4 is 0 Å². The van der Waals surface area contributed by atoms with Crippen molar-refractivity contribution in [2.45, 2.75) is 32.8 Å². The summed E-state index contributed by atoms with van der Waals surface area (Å²) in [7, 11) is 1.29. The highest BCUT2D eigenvalue weighted by Crippen LogP contribution is 2.21. The fourth-order valence-electron chi connectivity index (χ4n) is 3.74. The first kappa shape index (κ1) is 20.8. The van der Waals surface area contributed by atoms with Crippen LogP contribution in [0.25, 0.3) is 0 Å². The molecule has 0 saturated carbocycles. The standard InChI is InChI=1S/C22H26N2O5/c1-14-19(15(2)23-20(14)22(27)28-3)18(25)13-24(12-17-10-7-11-29-17)21(26)16-8-5-4-6-9-16/h4-6,8-9,17,23H,7,10-13H2,1-3H3/t17-/m0/s1. The molecule has 7 nitrogen and oxygen atoms in total. The number of H-pyrrole nitrogens is 1. The molecule has 7 heteroatoms. The summed E-state index contributed by atoms with van der Waals surface area (Å²) in [5.41, 5.74) is 2.31. The number of amides is 1. The van der Waals surface area contributed by atoms with Crippen molar-refractivity contribution in [2.75, 3.05) is 26.8 Å². The van der Waals surface area contributed by atoms with E-state index in [1.54, 1.807) is 38.1 Å². The van der Waals surface area contributed by atoms with Crippen molar-refractivity contribution in [1.82, 2.24) is 9.88 Å². The van der Waals surface area contributed by atoms with Crippen molar-refractivity contribution in [3.8, 4) is 0 Å². The third-order valence-electron chi connectivity index (χ3n) is 5.20. The highest BCUT2D eigenvalue weighted by molar-refractivity contribution is 6.05. The van der Waals surface area contributed by atoms with Gasteiger partial charge in [0.15, 0.2) is 5.78 Å². The fraction of sp³-hybridized carbons (Fsp3) is 0.409. The molecule has 1 fully saturated rings. The number of ketones is 1. The van der Waals surface area contributed by atoms with E-state index in [9.17, 15) is 14.4 Å². The summed E-state index contributed by atoms with van der Waals surface area (Å²) < 4.78 is 10.5. The van der Waals surface area contributed by atoms with Gasteiger partial charge in [0, 0.05) is 30.0 Å². The lowest BCUT2D eigenvalue weighted by Gasteiger charge is -2.25. The van der Waals surface area contributed by atoms with E-state index >= 15 is 0 Å². The number of nitrogens with one attached hydrogen (secondary N) is 1. The van der Waals surface area contributed by atoms with Gasteiger partial charge in [-0.1, -0.05) is 18.2 Å². The maximum Gasteiger partial charge on any atom is 0.354 e. The molecule has 0 radical (unpaired) electrons. The minimum absolute atomic E-state index is 0.0745. The maximum atomic E-state index is 13.1. The van der Waals surface area contributed by atoms with Gasteiger partial charge in [-0.05, 0) is 44.4 Å². The Kier molecular flexibility index (Phi) is 6.49. The SMILES string of the molecule is COC(=O)c1[nH]c(C)c(C(=O)CN(C[C@@H]2CCCO2)C(=O)c2ccccc2)c1C. The molecule has 1 N–H and O–H groups in total. The number of aromatic amines is 1. The van der Waals surface area contributed by atoms with E-state index in [4.69, 9.17) is 9.47 Å². The summed E-state index contributed by atoms with van der Waals surface area (Å²) in [6.07, 6.45) is 1.74. The maximum absolute atomic E-state index is 13.1. The zero-order chi connectivity index (χ0) is 21.0. The number of hydrogen-bond donors (Lipinski definition) is 1. The molecule has 1 aromatic heterocycles. The second-order valence-corrected chi connectivity index (χ2v) is 7.23. The smallest absolute Gasteiger partial charge is 0.354 e. The first-order valence-corrected chi connectivity index (χ1v) is 9.69. The molecule has 2 heterocycles. The summed E-state index contributed by atoms with van der Waals surface area (Å²) in [5.74, 6) is -0.969. The van der Waals surface area contributed by atoms with Crippen LogP contribution in [0.5, 0.6) is 0 Å². The lowest BCUT2D eigenvalue weighted by atomic mass is 10.0. The number of aromatic nitrogens is 1. The first-order valence-electron chi connectivity index (χ1n) is 9.69. The topological polar surface area (TPSA) is 88.7 Å². The van der Waals surface area contributed by atoms with Crippen molar-refractivity contribution >= 4 is 17.7 Å². The molecule has 0 spiro atoms. The second kappa shape index (κ2) is 9.05. The fourth-order valence-corrected chi connectivity index (χ4v) is 3.74. The van der Waals surface area contributed by atoms with Crippen molar-refractivity contribution in [2.24, 2.45) is 0 Å². The number of rotatable bonds is 7. The number of carbonyl (C=O) groups excluding carboxylic acids is 3. The quantitative estimate of drug-likeness (QED) is 0.572. The lowest BCUT2D eigenvalue weighted by Crippen LogP contribution is -2.41. The van der Waals surface area contributed by atoms with Crippen LogP contribution in [-0.2, 0) is 9.47 Å². The highest BCUT2D eigenvalue weighted by atomic mass is 16.5. The Morgan fingerprint density at radius 2 is 1.93 bits per heavy atom. The van der Waals surface area contributed by atoms with E-state index in [0.29, 0.717) is 35.5 Å². The van der Waals surface area contributed by atoms with E-state index in [1.165, 1.54) is 12.0 Å². The molecule has 1 atom stereocenters. The molecule has 1 aliphatic heterocycles. The summed E-state index contributed by atoms with van der Waals surface area (Å²) in [6, 6.07) is 8.90. The number of esters is 1. The first-order chi connectivity index (χ1) is 13.9. The van der Waals surface area contributed by atoms with Crippen molar-refractivity contribution < 1.29 is 23.9 Å². The molecule has 0 aliphatic carbocycles. The molecule has 0 bridgehead atoms. The summed E-state index contributed by atoms with van der Waals surface area (Å²) in [5, 5.41) is 0. The van der Waals surface area contributed by atoms with Crippen molar-refractivity contribution in [3.63, 3.8) is 0 Å². The van der Waals surface area contributed by atoms with Crippen LogP contribution in [0.4, 0.5) is 0 Å². The number of Topliss-reactive ketones (excluding diaryl/α,β-unsaturated/α-hetero) is 1. The molecule has 1 amide bonds. The van der Waals surface area contributed by atoms with Gasteiger partial charge >= 0.3 is 5.97 Å². The molecule has 0 unspecified atom stereocenters. The Morgan fingerprint density at radius 1 is 1.21 bits per heavy atom. The molecule has 154 valence electrons. The Bertz CT molecular complexity index is 897. The number of aryl methyl sites for hydroxylation is 1. The van der Waals surface area contributed by atoms with Crippen LogP contribution in [0.1, 0.15) is 55.3 Å². The van der Waals surface area contributed by atoms with Gasteiger partial charge in [-0.3, -0.25) is 9.59 Å². The third-order valence-corrected chi connectivity index (χ3v) is 5.20. The monoisotopic (exact) mass is 398 g/mol. The molecule has 1 aliphatic rings. The lowest BCUT2D eigenvalue weighted by molar-refractivity contribution is 0.0506. The summed E-state index contributed by atoms with van der Waals surface area (Å²) in [6.45, 7) is 4.37. The van der Waals surface area contributed by atoms with Crippen LogP contribution in [0.15, 0.2) is 30.3 Å². The normalized spacial score (nSPS) is 15.9. The zero-order valence-electron chi connectivity index (χ0n) is 17.0. The molecule has 3 rings (SSSR count). The predicted octanol–water partition coefficient (Wildman–Crippen LogP) is 2.92. The number of hydrogen-bond acceptors (Lipinski definition) is 5. The van der Waals surface area contributed by atoms with Gasteiger partial charge in [0.05, 0.1) is 19.8 Å². The van der Waals surface area contributed by atoms with Gasteiger partial charge in [-0.2, -0.15) is 0 Å². The van der Waals surface area contributed by atoms with Crippen LogP contribution in [-0.4, -0.2) is 60.5 Å². The van der Waals surface area contributed by atoms with E-state index in [1.807, 2.05) is 6.07 Å². The number of methoxy groups -OCH3 is 1. The summed E-state index contributed by atoms with van der Waals surface area (Å²) in [4.78, 5) is 42.6. The molecule has 1 aromatic carbocycles. The largest absolute Gasteiger partial charge is 0.464 e. The van der Waals surface area contributed by atoms with Crippen LogP contribution in [0.3, 0.4) is 0 Å². The van der Waals surface area contributed by atoms with E-state index in [-0.39, 0.29) is 30.0 Å². The van der Waals surface area contributed by atoms with Crippen LogP contribution in [0.2, 0.25) is 0 Å². The average molecular weight is 398 g/mol. The van der Waals surface area contributed by atoms with Gasteiger partial charge in [-0.25, -0.2) is 4.79 Å². The van der Waals surface area contributed by atoms with Gasteiger partial charge in [0.2, 0.25) is 0 Å². The minimum Gasteiger partial charge on any atom is -0.464 e. The number of carbonyl (C=O) groups is 3. The van der Waals surface area contributed by atoms with Crippen molar-refractivity contribution in [1.29, 1.82) is 0 Å². The number of nitrogens with zero attached hydrogens (tertiary/aromatic N) is 1. The molecular weight excluding hydrogens is 372 g/mol. The Labute approximate surface area is 170 Å². The van der Waals surface area contributed by atoms with Crippen molar-refractivity contribution in [3.05, 3.63) is 58.4 Å². The molecule has 1 saturated heterocycles. The van der Waals surface area contributed by atoms with Gasteiger partial charge in [-0.15, -0.1) is 0 Å². The van der Waals surface area contributed by atoms with E-state index in [2.05, 4.69) is 4.98 Å². The van der Waals surface area contributed by atoms with E-state index in [0.717, 1.165) is 12.8 Å². The van der Waals surface area contributed by atoms with Gasteiger partial charge < -0.3 is 19.4 Å². The van der Waals surface area contributed by atoms with E-state index < -0.39 is 5.97 Å².